The first-order valence-electron chi connectivity index (χ1n) is 9.20. The lowest BCUT2D eigenvalue weighted by Gasteiger charge is -2.35. The first-order valence-corrected chi connectivity index (χ1v) is 10.4. The van der Waals surface area contributed by atoms with Gasteiger partial charge in [-0.15, -0.1) is 0 Å². The van der Waals surface area contributed by atoms with Gasteiger partial charge < -0.3 is 25.6 Å². The van der Waals surface area contributed by atoms with E-state index in [-0.39, 0.29) is 24.2 Å². The van der Waals surface area contributed by atoms with E-state index in [0.29, 0.717) is 25.2 Å². The molecule has 162 valence electrons. The van der Waals surface area contributed by atoms with Crippen LogP contribution in [0.15, 0.2) is 30.6 Å². The SMILES string of the molecule is Cc1[nH]cnc1CSCCNC(=O)N1CCNC(=O)C1c1ccc(F)cc1.O=CO. The number of aryl methyl sites for hydroxylation is 1. The highest BCUT2D eigenvalue weighted by molar-refractivity contribution is 7.98. The Kier molecular flexibility index (Phi) is 9.13. The molecule has 1 aliphatic rings. The first-order chi connectivity index (χ1) is 14.5. The van der Waals surface area contributed by atoms with E-state index in [9.17, 15) is 14.0 Å². The van der Waals surface area contributed by atoms with E-state index in [2.05, 4.69) is 20.6 Å². The Labute approximate surface area is 177 Å². The maximum Gasteiger partial charge on any atom is 0.318 e. The Morgan fingerprint density at radius 3 is 2.77 bits per heavy atom. The van der Waals surface area contributed by atoms with Crippen molar-refractivity contribution in [3.05, 3.63) is 53.4 Å². The number of carbonyl (C=O) groups is 3. The molecular weight excluding hydrogens is 413 g/mol. The molecule has 4 N–H and O–H groups in total. The summed E-state index contributed by atoms with van der Waals surface area (Å²) in [6.07, 6.45) is 1.67. The van der Waals surface area contributed by atoms with E-state index in [1.807, 2.05) is 6.92 Å². The average Bonchev–Trinajstić information content (AvgIpc) is 3.13. The molecule has 1 saturated heterocycles. The van der Waals surface area contributed by atoms with E-state index in [1.165, 1.54) is 29.2 Å². The third-order valence-electron chi connectivity index (χ3n) is 4.35. The number of carbonyl (C=O) groups excluding carboxylic acids is 2. The second-order valence-electron chi connectivity index (χ2n) is 6.30. The van der Waals surface area contributed by atoms with Crippen LogP contribution < -0.4 is 10.6 Å². The number of H-pyrrole nitrogens is 1. The topological polar surface area (TPSA) is 127 Å². The molecule has 0 bridgehead atoms. The summed E-state index contributed by atoms with van der Waals surface area (Å²) in [7, 11) is 0. The van der Waals surface area contributed by atoms with Crippen LogP contribution in [0, 0.1) is 12.7 Å². The highest BCUT2D eigenvalue weighted by atomic mass is 32.2. The van der Waals surface area contributed by atoms with Crippen LogP contribution >= 0.6 is 11.8 Å². The predicted octanol–water partition coefficient (Wildman–Crippen LogP) is 1.67. The summed E-state index contributed by atoms with van der Waals surface area (Å²) < 4.78 is 13.2. The number of benzene rings is 1. The molecule has 0 aliphatic carbocycles. The van der Waals surface area contributed by atoms with Crippen molar-refractivity contribution >= 4 is 30.2 Å². The second kappa shape index (κ2) is 11.8. The molecule has 30 heavy (non-hydrogen) atoms. The van der Waals surface area contributed by atoms with E-state index >= 15 is 0 Å². The largest absolute Gasteiger partial charge is 0.483 e. The average molecular weight is 437 g/mol. The highest BCUT2D eigenvalue weighted by Crippen LogP contribution is 2.23. The number of nitrogens with zero attached hydrogens (tertiary/aromatic N) is 2. The van der Waals surface area contributed by atoms with Crippen LogP contribution in [0.25, 0.3) is 0 Å². The molecule has 1 aliphatic heterocycles. The summed E-state index contributed by atoms with van der Waals surface area (Å²) in [5.74, 6) is 0.871. The van der Waals surface area contributed by atoms with Gasteiger partial charge in [-0.2, -0.15) is 11.8 Å². The third kappa shape index (κ3) is 6.48. The number of piperazine rings is 1. The van der Waals surface area contributed by atoms with Gasteiger partial charge in [0.15, 0.2) is 0 Å². The molecule has 1 aromatic heterocycles. The van der Waals surface area contributed by atoms with Gasteiger partial charge in [0.1, 0.15) is 11.9 Å². The minimum Gasteiger partial charge on any atom is -0.483 e. The number of halogens is 1. The summed E-state index contributed by atoms with van der Waals surface area (Å²) in [6.45, 7) is 3.01. The smallest absolute Gasteiger partial charge is 0.318 e. The van der Waals surface area contributed by atoms with Crippen molar-refractivity contribution in [3.8, 4) is 0 Å². The molecule has 1 aromatic carbocycles. The van der Waals surface area contributed by atoms with Crippen molar-refractivity contribution in [3.63, 3.8) is 0 Å². The zero-order chi connectivity index (χ0) is 21.9. The number of nitrogens with one attached hydrogen (secondary N) is 3. The van der Waals surface area contributed by atoms with Crippen LogP contribution in [0.4, 0.5) is 9.18 Å². The van der Waals surface area contributed by atoms with Crippen molar-refractivity contribution in [2.75, 3.05) is 25.4 Å². The number of carboxylic acid groups (broad SMARTS) is 1. The summed E-state index contributed by atoms with van der Waals surface area (Å²) in [5.41, 5.74) is 2.65. The molecule has 2 aromatic rings. The second-order valence-corrected chi connectivity index (χ2v) is 7.41. The van der Waals surface area contributed by atoms with Crippen LogP contribution in [0.5, 0.6) is 0 Å². The molecule has 1 unspecified atom stereocenters. The molecule has 2 heterocycles. The number of hydrogen-bond acceptors (Lipinski definition) is 5. The number of urea groups is 1. The van der Waals surface area contributed by atoms with Crippen LogP contribution in [-0.2, 0) is 15.3 Å². The van der Waals surface area contributed by atoms with Gasteiger partial charge in [0.25, 0.3) is 6.47 Å². The van der Waals surface area contributed by atoms with Crippen LogP contribution in [-0.4, -0.2) is 63.8 Å². The third-order valence-corrected chi connectivity index (χ3v) is 5.32. The van der Waals surface area contributed by atoms with Gasteiger partial charge in [0.05, 0.1) is 12.0 Å². The lowest BCUT2D eigenvalue weighted by Crippen LogP contribution is -2.55. The Hall–Kier alpha value is -3.08. The number of amides is 3. The number of aromatic amines is 1. The zero-order valence-electron chi connectivity index (χ0n) is 16.4. The minimum atomic E-state index is -0.751. The van der Waals surface area contributed by atoms with E-state index in [1.54, 1.807) is 18.1 Å². The maximum absolute atomic E-state index is 13.2. The number of aromatic nitrogens is 2. The molecule has 1 atom stereocenters. The fourth-order valence-corrected chi connectivity index (χ4v) is 3.77. The van der Waals surface area contributed by atoms with Crippen LogP contribution in [0.1, 0.15) is 23.0 Å². The molecular formula is C19H24FN5O4S. The summed E-state index contributed by atoms with van der Waals surface area (Å²) in [4.78, 5) is 42.0. The Bertz CT molecular complexity index is 846. The van der Waals surface area contributed by atoms with Gasteiger partial charge in [0, 0.05) is 36.8 Å². The van der Waals surface area contributed by atoms with Gasteiger partial charge >= 0.3 is 6.03 Å². The monoisotopic (exact) mass is 437 g/mol. The molecule has 0 saturated carbocycles. The van der Waals surface area contributed by atoms with Crippen LogP contribution in [0.3, 0.4) is 0 Å². The molecule has 0 spiro atoms. The van der Waals surface area contributed by atoms with Gasteiger partial charge in [-0.1, -0.05) is 12.1 Å². The van der Waals surface area contributed by atoms with Crippen molar-refractivity contribution in [1.82, 2.24) is 25.5 Å². The Balaban J connectivity index is 0.00000101. The molecule has 3 rings (SSSR count). The van der Waals surface area contributed by atoms with Gasteiger partial charge in [-0.25, -0.2) is 14.2 Å². The fraction of sp³-hybridized carbons (Fsp3) is 0.368. The number of imidazole rings is 1. The van der Waals surface area contributed by atoms with Crippen molar-refractivity contribution in [1.29, 1.82) is 0 Å². The normalized spacial score (nSPS) is 15.6. The highest BCUT2D eigenvalue weighted by Gasteiger charge is 2.34. The van der Waals surface area contributed by atoms with Crippen molar-refractivity contribution in [2.45, 2.75) is 18.7 Å². The number of hydrogen-bond donors (Lipinski definition) is 4. The molecule has 0 radical (unpaired) electrons. The Morgan fingerprint density at radius 2 is 2.13 bits per heavy atom. The zero-order valence-corrected chi connectivity index (χ0v) is 17.2. The fourth-order valence-electron chi connectivity index (χ4n) is 2.90. The lowest BCUT2D eigenvalue weighted by molar-refractivity contribution is -0.128. The van der Waals surface area contributed by atoms with Gasteiger partial charge in [-0.3, -0.25) is 9.59 Å². The van der Waals surface area contributed by atoms with E-state index in [4.69, 9.17) is 9.90 Å². The summed E-state index contributed by atoms with van der Waals surface area (Å²) >= 11 is 1.68. The van der Waals surface area contributed by atoms with Crippen molar-refractivity contribution < 1.29 is 23.9 Å². The number of rotatable bonds is 6. The standard InChI is InChI=1S/C18H22FN5O2S.CH2O2/c1-12-15(23-11-22-12)10-27-9-7-21-18(26)24-8-6-20-17(25)16(24)13-2-4-14(19)5-3-13;2-1-3/h2-5,11,16H,6-10H2,1H3,(H,20,25)(H,21,26)(H,22,23);1H,(H,2,3). The minimum absolute atomic E-state index is 0.250. The Morgan fingerprint density at radius 1 is 1.43 bits per heavy atom. The molecule has 9 nitrogen and oxygen atoms in total. The number of thioether (sulfide) groups is 1. The van der Waals surface area contributed by atoms with E-state index in [0.717, 1.165) is 22.9 Å². The summed E-state index contributed by atoms with van der Waals surface area (Å²) in [6, 6.07) is 4.61. The molecule has 11 heteroatoms. The van der Waals surface area contributed by atoms with E-state index < -0.39 is 6.04 Å². The first kappa shape index (κ1) is 23.2. The summed E-state index contributed by atoms with van der Waals surface area (Å²) in [5, 5.41) is 12.5. The van der Waals surface area contributed by atoms with Crippen LogP contribution in [0.2, 0.25) is 0 Å². The van der Waals surface area contributed by atoms with Gasteiger partial charge in [0.2, 0.25) is 5.91 Å². The quantitative estimate of drug-likeness (QED) is 0.402. The molecule has 3 amide bonds. The maximum atomic E-state index is 13.2. The lowest BCUT2D eigenvalue weighted by atomic mass is 10.0. The predicted molar refractivity (Wildman–Crippen MR) is 110 cm³/mol. The van der Waals surface area contributed by atoms with Crippen molar-refractivity contribution in [2.24, 2.45) is 0 Å². The molecule has 1 fully saturated rings. The van der Waals surface area contributed by atoms with Gasteiger partial charge in [-0.05, 0) is 24.6 Å².